The molecule has 6 rings (SSSR count). The fourth-order valence-electron chi connectivity index (χ4n) is 6.04. The highest BCUT2D eigenvalue weighted by atomic mass is 32.2. The Morgan fingerprint density at radius 3 is 2.54 bits per heavy atom. The first kappa shape index (κ1) is 16.7. The van der Waals surface area contributed by atoms with E-state index in [0.29, 0.717) is 5.75 Å². The molecule has 1 atom stereocenters. The SMILES string of the molecule is CC(SCC(=O)NC12CC3CC(CC(C3)C1)C2)c1nc2ccccc2[nH]1. The van der Waals surface area contributed by atoms with Gasteiger partial charge in [0.1, 0.15) is 5.82 Å². The molecule has 0 spiro atoms. The number of aromatic amines is 1. The fourth-order valence-corrected chi connectivity index (χ4v) is 6.78. The van der Waals surface area contributed by atoms with Gasteiger partial charge in [0, 0.05) is 5.54 Å². The second-order valence-corrected chi connectivity index (χ2v) is 10.2. The molecule has 1 unspecified atom stereocenters. The Hall–Kier alpha value is -1.49. The summed E-state index contributed by atoms with van der Waals surface area (Å²) in [5.74, 6) is 4.27. The lowest BCUT2D eigenvalue weighted by atomic mass is 9.53. The maximum absolute atomic E-state index is 12.7. The summed E-state index contributed by atoms with van der Waals surface area (Å²) in [6.45, 7) is 2.13. The monoisotopic (exact) mass is 369 g/mol. The van der Waals surface area contributed by atoms with Crippen molar-refractivity contribution in [2.24, 2.45) is 17.8 Å². The predicted octanol–water partition coefficient (Wildman–Crippen LogP) is 4.44. The Morgan fingerprint density at radius 2 is 1.88 bits per heavy atom. The molecule has 0 aliphatic heterocycles. The van der Waals surface area contributed by atoms with Crippen molar-refractivity contribution in [2.45, 2.75) is 56.2 Å². The lowest BCUT2D eigenvalue weighted by molar-refractivity contribution is -0.124. The molecule has 0 radical (unpaired) electrons. The number of nitrogens with one attached hydrogen (secondary N) is 2. The van der Waals surface area contributed by atoms with Gasteiger partial charge in [-0.1, -0.05) is 12.1 Å². The molecule has 26 heavy (non-hydrogen) atoms. The summed E-state index contributed by atoms with van der Waals surface area (Å²) in [6, 6.07) is 8.08. The number of nitrogens with zero attached hydrogens (tertiary/aromatic N) is 1. The van der Waals surface area contributed by atoms with Crippen LogP contribution in [0.3, 0.4) is 0 Å². The lowest BCUT2D eigenvalue weighted by Crippen LogP contribution is -2.60. The molecule has 2 N–H and O–H groups in total. The zero-order chi connectivity index (χ0) is 17.7. The Balaban J connectivity index is 1.20. The van der Waals surface area contributed by atoms with Gasteiger partial charge in [0.05, 0.1) is 22.0 Å². The molecule has 4 bridgehead atoms. The third-order valence-electron chi connectivity index (χ3n) is 6.70. The molecule has 4 fully saturated rings. The standard InChI is InChI=1S/C21H27N3OS/c1-13(20-22-17-4-2-3-5-18(17)23-20)26-12-19(25)24-21-9-14-6-15(10-21)8-16(7-14)11-21/h2-5,13-16H,6-12H2,1H3,(H,22,23)(H,24,25). The zero-order valence-electron chi connectivity index (χ0n) is 15.3. The molecule has 4 nitrogen and oxygen atoms in total. The molecule has 1 aromatic heterocycles. The molecular weight excluding hydrogens is 342 g/mol. The van der Waals surface area contributed by atoms with E-state index in [9.17, 15) is 4.79 Å². The van der Waals surface area contributed by atoms with E-state index in [-0.39, 0.29) is 16.7 Å². The number of imidazole rings is 1. The summed E-state index contributed by atoms with van der Waals surface area (Å²) in [6.07, 6.45) is 7.88. The predicted molar refractivity (Wildman–Crippen MR) is 106 cm³/mol. The van der Waals surface area contributed by atoms with E-state index in [1.165, 1.54) is 38.5 Å². The molecule has 138 valence electrons. The van der Waals surface area contributed by atoms with Crippen LogP contribution in [0.1, 0.15) is 56.5 Å². The minimum Gasteiger partial charge on any atom is -0.350 e. The molecule has 4 aliphatic rings. The van der Waals surface area contributed by atoms with Crippen LogP contribution in [-0.2, 0) is 4.79 Å². The maximum atomic E-state index is 12.7. The Bertz CT molecular complexity index is 761. The van der Waals surface area contributed by atoms with Gasteiger partial charge in [-0.2, -0.15) is 0 Å². The van der Waals surface area contributed by atoms with Gasteiger partial charge >= 0.3 is 0 Å². The third kappa shape index (κ3) is 3.04. The van der Waals surface area contributed by atoms with E-state index >= 15 is 0 Å². The summed E-state index contributed by atoms with van der Waals surface area (Å²) in [7, 11) is 0. The van der Waals surface area contributed by atoms with E-state index in [1.807, 2.05) is 24.3 Å². The van der Waals surface area contributed by atoms with Crippen LogP contribution < -0.4 is 5.32 Å². The minimum absolute atomic E-state index is 0.120. The highest BCUT2D eigenvalue weighted by Crippen LogP contribution is 2.55. The summed E-state index contributed by atoms with van der Waals surface area (Å²) in [5.41, 5.74) is 2.18. The van der Waals surface area contributed by atoms with E-state index < -0.39 is 0 Å². The van der Waals surface area contributed by atoms with E-state index in [2.05, 4.69) is 22.2 Å². The average molecular weight is 370 g/mol. The van der Waals surface area contributed by atoms with Crippen LogP contribution in [0.15, 0.2) is 24.3 Å². The van der Waals surface area contributed by atoms with Crippen LogP contribution in [0.2, 0.25) is 0 Å². The number of aromatic nitrogens is 2. The van der Waals surface area contributed by atoms with Crippen molar-refractivity contribution in [3.63, 3.8) is 0 Å². The van der Waals surface area contributed by atoms with E-state index in [0.717, 1.165) is 34.6 Å². The van der Waals surface area contributed by atoms with Crippen molar-refractivity contribution in [1.29, 1.82) is 0 Å². The van der Waals surface area contributed by atoms with Crippen LogP contribution >= 0.6 is 11.8 Å². The van der Waals surface area contributed by atoms with Crippen LogP contribution in [0.25, 0.3) is 11.0 Å². The number of carbonyl (C=O) groups excluding carboxylic acids is 1. The van der Waals surface area contributed by atoms with Crippen LogP contribution in [0, 0.1) is 17.8 Å². The topological polar surface area (TPSA) is 57.8 Å². The van der Waals surface area contributed by atoms with Crippen molar-refractivity contribution in [2.75, 3.05) is 5.75 Å². The second-order valence-electron chi connectivity index (χ2n) is 8.84. The summed E-state index contributed by atoms with van der Waals surface area (Å²) in [5, 5.41) is 3.65. The molecule has 4 aliphatic carbocycles. The number of carbonyl (C=O) groups is 1. The van der Waals surface area contributed by atoms with Gasteiger partial charge in [0.2, 0.25) is 5.91 Å². The van der Waals surface area contributed by atoms with Crippen molar-refractivity contribution in [3.05, 3.63) is 30.1 Å². The van der Waals surface area contributed by atoms with Crippen molar-refractivity contribution >= 4 is 28.7 Å². The van der Waals surface area contributed by atoms with Gasteiger partial charge < -0.3 is 10.3 Å². The van der Waals surface area contributed by atoms with Gasteiger partial charge in [-0.25, -0.2) is 4.98 Å². The average Bonchev–Trinajstić information content (AvgIpc) is 3.02. The van der Waals surface area contributed by atoms with Gasteiger partial charge in [0.15, 0.2) is 0 Å². The van der Waals surface area contributed by atoms with Crippen molar-refractivity contribution in [1.82, 2.24) is 15.3 Å². The maximum Gasteiger partial charge on any atom is 0.230 e. The molecule has 0 saturated heterocycles. The Labute approximate surface area is 158 Å². The number of rotatable bonds is 5. The largest absolute Gasteiger partial charge is 0.350 e. The number of hydrogen-bond donors (Lipinski definition) is 2. The van der Waals surface area contributed by atoms with Crippen LogP contribution in [0.4, 0.5) is 0 Å². The molecule has 4 saturated carbocycles. The number of fused-ring (bicyclic) bond motifs is 1. The number of thioether (sulfide) groups is 1. The first-order valence-electron chi connectivity index (χ1n) is 9.96. The first-order valence-corrected chi connectivity index (χ1v) is 11.0. The molecule has 1 aromatic carbocycles. The number of hydrogen-bond acceptors (Lipinski definition) is 3. The number of benzene rings is 1. The molecular formula is C21H27N3OS. The summed E-state index contributed by atoms with van der Waals surface area (Å²) < 4.78 is 0. The quantitative estimate of drug-likeness (QED) is 0.819. The number of H-pyrrole nitrogens is 1. The van der Waals surface area contributed by atoms with Gasteiger partial charge in [-0.15, -0.1) is 11.8 Å². The van der Waals surface area contributed by atoms with Gasteiger partial charge in [0.25, 0.3) is 0 Å². The van der Waals surface area contributed by atoms with Gasteiger partial charge in [-0.05, 0) is 75.3 Å². The molecule has 1 amide bonds. The van der Waals surface area contributed by atoms with Crippen LogP contribution in [0.5, 0.6) is 0 Å². The fraction of sp³-hybridized carbons (Fsp3) is 0.619. The van der Waals surface area contributed by atoms with Crippen molar-refractivity contribution < 1.29 is 4.79 Å². The van der Waals surface area contributed by atoms with E-state index in [1.54, 1.807) is 11.8 Å². The highest BCUT2D eigenvalue weighted by Gasteiger charge is 2.51. The molecule has 5 heteroatoms. The lowest BCUT2D eigenvalue weighted by Gasteiger charge is -2.56. The van der Waals surface area contributed by atoms with Crippen molar-refractivity contribution in [3.8, 4) is 0 Å². The third-order valence-corrected chi connectivity index (χ3v) is 7.85. The van der Waals surface area contributed by atoms with Crippen LogP contribution in [-0.4, -0.2) is 27.2 Å². The summed E-state index contributed by atoms with van der Waals surface area (Å²) in [4.78, 5) is 20.7. The Morgan fingerprint density at radius 1 is 1.23 bits per heavy atom. The number of amides is 1. The number of para-hydroxylation sites is 2. The summed E-state index contributed by atoms with van der Waals surface area (Å²) >= 11 is 1.68. The van der Waals surface area contributed by atoms with E-state index in [4.69, 9.17) is 0 Å². The molecule has 2 aromatic rings. The first-order chi connectivity index (χ1) is 12.6. The smallest absolute Gasteiger partial charge is 0.230 e. The van der Waals surface area contributed by atoms with Gasteiger partial charge in [-0.3, -0.25) is 4.79 Å². The Kier molecular flexibility index (Phi) is 4.03. The zero-order valence-corrected chi connectivity index (χ0v) is 16.1. The highest BCUT2D eigenvalue weighted by molar-refractivity contribution is 8.00. The second kappa shape index (κ2) is 6.29. The minimum atomic E-state index is 0.120. The normalized spacial score (nSPS) is 33.5. The molecule has 1 heterocycles.